The molecule has 2 aliphatic heterocycles. The second kappa shape index (κ2) is 32.7. The third kappa shape index (κ3) is 21.0. The van der Waals surface area contributed by atoms with Gasteiger partial charge in [0.05, 0.1) is 25.1 Å². The zero-order chi connectivity index (χ0) is 65.0. The van der Waals surface area contributed by atoms with E-state index in [2.05, 4.69) is 67.8 Å². The quantitative estimate of drug-likeness (QED) is 0.0148. The van der Waals surface area contributed by atoms with Gasteiger partial charge in [-0.3, -0.25) is 52.9 Å². The van der Waals surface area contributed by atoms with Crippen LogP contribution in [0.2, 0.25) is 0 Å². The molecule has 6 rings (SSSR count). The van der Waals surface area contributed by atoms with Crippen molar-refractivity contribution < 1.29 is 62.9 Å². The monoisotopic (exact) mass is 1240 g/mol. The van der Waals surface area contributed by atoms with E-state index in [1.807, 2.05) is 13.8 Å². The van der Waals surface area contributed by atoms with E-state index in [0.29, 0.717) is 47.1 Å². The first-order valence-electron chi connectivity index (χ1n) is 29.9. The Morgan fingerprint density at radius 1 is 0.753 bits per heavy atom. The lowest BCUT2D eigenvalue weighted by Gasteiger charge is -2.31. The first-order valence-corrected chi connectivity index (χ1v) is 29.9. The number of carbonyl (C=O) groups excluding carboxylic acids is 10. The number of nitrogens with zero attached hydrogens (tertiary/aromatic N) is 3. The normalized spacial score (nSPS) is 17.2. The van der Waals surface area contributed by atoms with E-state index in [1.54, 1.807) is 58.2 Å². The summed E-state index contributed by atoms with van der Waals surface area (Å²) in [6, 6.07) is 1.02. The molecular weight excluding hydrogens is 1150 g/mol. The molecule has 17 N–H and O–H groups in total. The summed E-state index contributed by atoms with van der Waals surface area (Å²) in [5.41, 5.74) is 12.4. The van der Waals surface area contributed by atoms with Crippen LogP contribution in [0, 0.1) is 5.92 Å². The van der Waals surface area contributed by atoms with Crippen molar-refractivity contribution in [1.29, 1.82) is 0 Å². The van der Waals surface area contributed by atoms with Gasteiger partial charge >= 0.3 is 0 Å². The molecule has 0 spiro atoms. The molecule has 0 bridgehead atoms. The molecule has 2 saturated heterocycles. The number of likely N-dealkylation sites (tertiary alicyclic amines) is 1. The number of benzene rings is 2. The number of nitrogens with two attached hydrogens (primary N) is 2. The SMILES string of the molecule is CCNC(=O)[C@@H]1CCCN1C(=O)[C@H](CCCN=C(N)N)NC(=O)[C@H](CC(C)C)NC(=O)[C@@H](COC(C)(C)C)NC(=O)[C@@H](Cc1ccc(O)cc1)NC(=O)[C@H](CO)NC(=O)[C@H](Cc1c[nH]c2ccccc12)NC(=O)[C@H](Cc1cnc[nH]1)NC(=O)[C@@H]1CCC(=O)N1. The Morgan fingerprint density at radius 2 is 1.36 bits per heavy atom. The third-order valence-corrected chi connectivity index (χ3v) is 14.9. The van der Waals surface area contributed by atoms with Gasteiger partial charge in [0, 0.05) is 74.3 Å². The number of aliphatic hydroxyl groups is 1. The number of amides is 10. The topological polar surface area (TPSA) is 441 Å². The summed E-state index contributed by atoms with van der Waals surface area (Å²) >= 11 is 0. The lowest BCUT2D eigenvalue weighted by atomic mass is 10.0. The number of aromatic amines is 2. The Bertz CT molecular complexity index is 3120. The van der Waals surface area contributed by atoms with Gasteiger partial charge < -0.3 is 89.1 Å². The van der Waals surface area contributed by atoms with E-state index in [-0.39, 0.29) is 93.9 Å². The summed E-state index contributed by atoms with van der Waals surface area (Å²) in [5.74, 6) is -7.72. The number of guanidine groups is 1. The maximum absolute atomic E-state index is 14.8. The highest BCUT2D eigenvalue weighted by atomic mass is 16.5. The second-order valence-corrected chi connectivity index (χ2v) is 23.6. The van der Waals surface area contributed by atoms with E-state index in [1.165, 1.54) is 41.7 Å². The Morgan fingerprint density at radius 3 is 1.98 bits per heavy atom. The van der Waals surface area contributed by atoms with Crippen LogP contribution < -0.4 is 59.3 Å². The van der Waals surface area contributed by atoms with E-state index < -0.39 is 120 Å². The van der Waals surface area contributed by atoms with Crippen LogP contribution in [0.25, 0.3) is 10.9 Å². The number of carbonyl (C=O) groups is 10. The maximum atomic E-state index is 14.8. The molecule has 2 aromatic heterocycles. The number of aromatic nitrogens is 3. The molecule has 0 saturated carbocycles. The number of para-hydroxylation sites is 1. The van der Waals surface area contributed by atoms with Crippen LogP contribution in [-0.2, 0) is 71.9 Å². The highest BCUT2D eigenvalue weighted by Gasteiger charge is 2.40. The average Bonchev–Trinajstić information content (AvgIpc) is 2.55. The van der Waals surface area contributed by atoms with Gasteiger partial charge in [0.25, 0.3) is 0 Å². The number of nitrogens with one attached hydrogen (secondary N) is 11. The number of ether oxygens (including phenoxy) is 1. The van der Waals surface area contributed by atoms with Crippen LogP contribution >= 0.6 is 0 Å². The molecule has 0 unspecified atom stereocenters. The molecule has 0 aliphatic carbocycles. The number of H-pyrrole nitrogens is 2. The summed E-state index contributed by atoms with van der Waals surface area (Å²) in [6.07, 6.45) is 5.56. The first-order chi connectivity index (χ1) is 42.3. The van der Waals surface area contributed by atoms with Gasteiger partial charge in [0.2, 0.25) is 59.1 Å². The lowest BCUT2D eigenvalue weighted by Crippen LogP contribution is -2.62. The highest BCUT2D eigenvalue weighted by Crippen LogP contribution is 2.22. The summed E-state index contributed by atoms with van der Waals surface area (Å²) in [7, 11) is 0. The van der Waals surface area contributed by atoms with Crippen LogP contribution in [-0.4, -0.2) is 188 Å². The fourth-order valence-electron chi connectivity index (χ4n) is 10.3. The summed E-state index contributed by atoms with van der Waals surface area (Å²) in [6.45, 7) is 9.78. The molecule has 2 aliphatic rings. The minimum Gasteiger partial charge on any atom is -0.508 e. The molecule has 9 atom stereocenters. The van der Waals surface area contributed by atoms with Crippen molar-refractivity contribution in [2.24, 2.45) is 22.4 Å². The molecule has 29 heteroatoms. The summed E-state index contributed by atoms with van der Waals surface area (Å²) in [4.78, 5) is 156. The van der Waals surface area contributed by atoms with Crippen molar-refractivity contribution in [1.82, 2.24) is 67.7 Å². The number of rotatable bonds is 32. The number of hydrogen-bond acceptors (Lipinski definition) is 15. The number of aliphatic imine (C=N–C) groups is 1. The summed E-state index contributed by atoms with van der Waals surface area (Å²) < 4.78 is 6.04. The van der Waals surface area contributed by atoms with Gasteiger partial charge in [0.15, 0.2) is 5.96 Å². The van der Waals surface area contributed by atoms with Crippen molar-refractivity contribution >= 4 is 75.9 Å². The van der Waals surface area contributed by atoms with Crippen molar-refractivity contribution in [2.45, 2.75) is 166 Å². The molecule has 4 aromatic rings. The third-order valence-electron chi connectivity index (χ3n) is 14.9. The largest absolute Gasteiger partial charge is 0.508 e. The summed E-state index contributed by atoms with van der Waals surface area (Å²) in [5, 5.41) is 45.7. The van der Waals surface area contributed by atoms with Crippen LogP contribution in [0.4, 0.5) is 0 Å². The van der Waals surface area contributed by atoms with Crippen molar-refractivity contribution in [2.75, 3.05) is 32.8 Å². The molecule has 2 aromatic carbocycles. The molecule has 29 nitrogen and oxygen atoms in total. The highest BCUT2D eigenvalue weighted by molar-refractivity contribution is 5.99. The number of hydrogen-bond donors (Lipinski definition) is 15. The molecule has 2 fully saturated rings. The van der Waals surface area contributed by atoms with Crippen LogP contribution in [0.15, 0.2) is 72.2 Å². The molecule has 0 radical (unpaired) electrons. The average molecular weight is 1240 g/mol. The van der Waals surface area contributed by atoms with Gasteiger partial charge in [-0.1, -0.05) is 44.2 Å². The lowest BCUT2D eigenvalue weighted by molar-refractivity contribution is -0.142. The zero-order valence-electron chi connectivity index (χ0n) is 51.1. The predicted molar refractivity (Wildman–Crippen MR) is 326 cm³/mol. The minimum atomic E-state index is -1.78. The van der Waals surface area contributed by atoms with Crippen molar-refractivity contribution in [3.8, 4) is 5.75 Å². The standard InChI is InChI=1S/C60H86N16O13/c1-7-64-57(87)48-15-11-23-76(48)58(88)41(14-10-22-65-59(61)62)69-51(81)42(24-33(2)3)70-56(86)47(31-89-60(4,5)6)75-52(82)43(25-34-16-18-37(78)19-17-34)71-55(85)46(30-77)74-53(83)44(26-35-28-66-39-13-9-8-12-38(35)39)72-54(84)45(27-36-29-63-32-67-36)73-50(80)40-20-21-49(79)68-40/h8-9,12-13,16-19,28-29,32-33,40-48,66,77-78H,7,10-11,14-15,20-27,30-31H2,1-6H3,(H,63,67)(H,64,87)(H,68,79)(H,69,81)(H,70,86)(H,71,85)(H,72,84)(H,73,80)(H,74,83)(H,75,82)(H4,61,62,65)/t40-,41-,42-,43+,44-,45-,46-,47+,48-/m0/s1. The number of aliphatic hydroxyl groups excluding tert-OH is 1. The first kappa shape index (κ1) is 69.0. The van der Waals surface area contributed by atoms with Crippen LogP contribution in [0.1, 0.15) is 103 Å². The Hall–Kier alpha value is -9.12. The van der Waals surface area contributed by atoms with Gasteiger partial charge in [0.1, 0.15) is 60.1 Å². The Kier molecular flexibility index (Phi) is 25.4. The van der Waals surface area contributed by atoms with Crippen molar-refractivity contribution in [3.05, 3.63) is 84.1 Å². The molecule has 89 heavy (non-hydrogen) atoms. The number of likely N-dealkylation sites (N-methyl/N-ethyl adjacent to an activating group) is 1. The number of phenols is 1. The number of phenolic OH excluding ortho intramolecular Hbond substituents is 1. The number of fused-ring (bicyclic) bond motifs is 1. The van der Waals surface area contributed by atoms with E-state index in [4.69, 9.17) is 16.2 Å². The van der Waals surface area contributed by atoms with Crippen LogP contribution in [0.5, 0.6) is 5.75 Å². The molecular formula is C60H86N16O13. The van der Waals surface area contributed by atoms with Gasteiger partial charge in [-0.15, -0.1) is 0 Å². The predicted octanol–water partition coefficient (Wildman–Crippen LogP) is -1.67. The fraction of sp³-hybridized carbons (Fsp3) is 0.533. The van der Waals surface area contributed by atoms with E-state index >= 15 is 0 Å². The smallest absolute Gasteiger partial charge is 0.245 e. The second-order valence-electron chi connectivity index (χ2n) is 23.6. The van der Waals surface area contributed by atoms with Gasteiger partial charge in [-0.2, -0.15) is 0 Å². The molecule has 10 amide bonds. The van der Waals surface area contributed by atoms with Gasteiger partial charge in [-0.05, 0) is 101 Å². The zero-order valence-corrected chi connectivity index (χ0v) is 51.1. The Balaban J connectivity index is 1.24. The van der Waals surface area contributed by atoms with E-state index in [9.17, 15) is 58.2 Å². The van der Waals surface area contributed by atoms with Crippen molar-refractivity contribution in [3.63, 3.8) is 0 Å². The number of imidazole rings is 1. The molecule has 484 valence electrons. The fourth-order valence-corrected chi connectivity index (χ4v) is 10.3. The minimum absolute atomic E-state index is 0.0578. The van der Waals surface area contributed by atoms with E-state index in [0.717, 1.165) is 0 Å². The Labute approximate surface area is 515 Å². The number of aromatic hydroxyl groups is 1. The maximum Gasteiger partial charge on any atom is 0.245 e. The van der Waals surface area contributed by atoms with Crippen LogP contribution in [0.3, 0.4) is 0 Å². The van der Waals surface area contributed by atoms with Gasteiger partial charge in [-0.25, -0.2) is 4.98 Å². The molecule has 4 heterocycles.